The number of nitrogens with one attached hydrogen (secondary N) is 1. The molecule has 6 rings (SSSR count). The van der Waals surface area contributed by atoms with Crippen LogP contribution in [0.5, 0.6) is 0 Å². The van der Waals surface area contributed by atoms with E-state index in [0.29, 0.717) is 49.7 Å². The first kappa shape index (κ1) is 26.8. The van der Waals surface area contributed by atoms with E-state index < -0.39 is 11.6 Å². The molecule has 2 aliphatic rings. The van der Waals surface area contributed by atoms with Gasteiger partial charge in [-0.3, -0.25) is 9.80 Å². The van der Waals surface area contributed by atoms with Crippen LogP contribution in [-0.2, 0) is 22.6 Å². The van der Waals surface area contributed by atoms with Gasteiger partial charge in [0.15, 0.2) is 0 Å². The number of aryl methyl sites for hydroxylation is 1. The molecule has 10 heteroatoms. The Labute approximate surface area is 232 Å². The molecule has 0 bridgehead atoms. The van der Waals surface area contributed by atoms with Gasteiger partial charge in [0, 0.05) is 75.4 Å². The Balaban J connectivity index is 1.22. The Morgan fingerprint density at radius 3 is 2.58 bits per heavy atom. The summed E-state index contributed by atoms with van der Waals surface area (Å²) in [6.07, 6.45) is 4.81. The Morgan fingerprint density at radius 2 is 1.82 bits per heavy atom. The molecule has 4 heterocycles. The molecule has 8 nitrogen and oxygen atoms in total. The van der Waals surface area contributed by atoms with Crippen LogP contribution in [0.1, 0.15) is 23.1 Å². The van der Waals surface area contributed by atoms with Gasteiger partial charge in [0.2, 0.25) is 5.95 Å². The van der Waals surface area contributed by atoms with Crippen LogP contribution in [-0.4, -0.2) is 76.9 Å². The third-order valence-electron chi connectivity index (χ3n) is 7.88. The predicted octanol–water partition coefficient (Wildman–Crippen LogP) is 4.80. The van der Waals surface area contributed by atoms with E-state index in [1.807, 2.05) is 17.0 Å². The number of methoxy groups -OCH3 is 1. The van der Waals surface area contributed by atoms with Gasteiger partial charge < -0.3 is 19.4 Å². The summed E-state index contributed by atoms with van der Waals surface area (Å²) < 4.78 is 42.8. The molecule has 0 spiro atoms. The van der Waals surface area contributed by atoms with Crippen molar-refractivity contribution in [3.63, 3.8) is 0 Å². The fraction of sp³-hybridized carbons (Fsp3) is 0.400. The van der Waals surface area contributed by atoms with Crippen LogP contribution in [0.2, 0.25) is 0 Å². The maximum atomic E-state index is 15.1. The third kappa shape index (κ3) is 5.71. The summed E-state index contributed by atoms with van der Waals surface area (Å²) in [5, 5.41) is 4.08. The van der Waals surface area contributed by atoms with Crippen molar-refractivity contribution in [3.05, 3.63) is 77.1 Å². The molecule has 1 N–H and O–H groups in total. The van der Waals surface area contributed by atoms with Crippen molar-refractivity contribution in [1.82, 2.24) is 24.3 Å². The van der Waals surface area contributed by atoms with Gasteiger partial charge in [0.25, 0.3) is 0 Å². The van der Waals surface area contributed by atoms with Gasteiger partial charge in [-0.25, -0.2) is 13.8 Å². The van der Waals surface area contributed by atoms with Crippen LogP contribution in [0, 0.1) is 18.6 Å². The Hall–Kier alpha value is -3.44. The summed E-state index contributed by atoms with van der Waals surface area (Å²) in [5.74, 6) is -0.733. The minimum atomic E-state index is -0.572. The first-order valence-corrected chi connectivity index (χ1v) is 13.7. The molecular formula is C30H34F2N6O2. The normalized spacial score (nSPS) is 18.6. The number of benzene rings is 2. The van der Waals surface area contributed by atoms with Gasteiger partial charge in [0.1, 0.15) is 17.3 Å². The number of morpholine rings is 1. The SMILES string of the molecule is COC1CCN(Cc2cc(Nc3ncc4ccn(-c5cc(F)c(CN6CCOCC6)c(F)c5)c4n3)ccc2C)C1. The quantitative estimate of drug-likeness (QED) is 0.339. The molecule has 2 saturated heterocycles. The zero-order valence-electron chi connectivity index (χ0n) is 22.9. The van der Waals surface area contributed by atoms with Crippen molar-refractivity contribution in [1.29, 1.82) is 0 Å². The summed E-state index contributed by atoms with van der Waals surface area (Å²) in [5.41, 5.74) is 4.34. The van der Waals surface area contributed by atoms with E-state index in [4.69, 9.17) is 14.5 Å². The van der Waals surface area contributed by atoms with Crippen molar-refractivity contribution in [2.24, 2.45) is 0 Å². The second-order valence-corrected chi connectivity index (χ2v) is 10.6. The van der Waals surface area contributed by atoms with Crippen LogP contribution in [0.4, 0.5) is 20.4 Å². The van der Waals surface area contributed by atoms with E-state index in [9.17, 15) is 0 Å². The lowest BCUT2D eigenvalue weighted by Gasteiger charge is -2.27. The molecule has 1 atom stereocenters. The summed E-state index contributed by atoms with van der Waals surface area (Å²) in [6, 6.07) is 10.8. The van der Waals surface area contributed by atoms with Gasteiger partial charge >= 0.3 is 0 Å². The average molecular weight is 549 g/mol. The van der Waals surface area contributed by atoms with Crippen LogP contribution >= 0.6 is 0 Å². The fourth-order valence-corrected chi connectivity index (χ4v) is 5.47. The molecule has 0 radical (unpaired) electrons. The van der Waals surface area contributed by atoms with E-state index in [1.165, 1.54) is 23.3 Å². The highest BCUT2D eigenvalue weighted by molar-refractivity contribution is 5.79. The minimum Gasteiger partial charge on any atom is -0.380 e. The van der Waals surface area contributed by atoms with Crippen molar-refractivity contribution in [2.75, 3.05) is 51.8 Å². The van der Waals surface area contributed by atoms with Crippen LogP contribution in [0.25, 0.3) is 16.7 Å². The number of ether oxygens (including phenoxy) is 2. The largest absolute Gasteiger partial charge is 0.380 e. The maximum Gasteiger partial charge on any atom is 0.229 e. The number of hydrogen-bond acceptors (Lipinski definition) is 7. The molecule has 210 valence electrons. The number of fused-ring (bicyclic) bond motifs is 1. The monoisotopic (exact) mass is 548 g/mol. The zero-order chi connectivity index (χ0) is 27.6. The lowest BCUT2D eigenvalue weighted by Crippen LogP contribution is -2.36. The second-order valence-electron chi connectivity index (χ2n) is 10.6. The van der Waals surface area contributed by atoms with E-state index in [0.717, 1.165) is 37.1 Å². The van der Waals surface area contributed by atoms with Gasteiger partial charge in [-0.15, -0.1) is 0 Å². The zero-order valence-corrected chi connectivity index (χ0v) is 22.9. The standard InChI is InChI=1S/C30H34F2N6O2/c1-20-3-4-23(13-22(20)17-37-7-6-25(18-37)39-2)34-30-33-16-21-5-8-38(29(21)35-30)24-14-27(31)26(28(32)15-24)19-36-9-11-40-12-10-36/h3-5,8,13-16,25H,6-7,9-12,17-19H2,1-2H3,(H,33,34,35). The van der Waals surface area contributed by atoms with Gasteiger partial charge in [-0.1, -0.05) is 6.07 Å². The first-order chi connectivity index (χ1) is 19.5. The lowest BCUT2D eigenvalue weighted by atomic mass is 10.1. The Bertz CT molecular complexity index is 1480. The number of hydrogen-bond donors (Lipinski definition) is 1. The van der Waals surface area contributed by atoms with Gasteiger partial charge in [-0.2, -0.15) is 4.98 Å². The number of rotatable bonds is 8. The topological polar surface area (TPSA) is 67.7 Å². The summed E-state index contributed by atoms with van der Waals surface area (Å²) >= 11 is 0. The van der Waals surface area contributed by atoms with E-state index in [1.54, 1.807) is 24.1 Å². The highest BCUT2D eigenvalue weighted by Gasteiger charge is 2.23. The smallest absolute Gasteiger partial charge is 0.229 e. The molecule has 0 aliphatic carbocycles. The molecule has 0 amide bonds. The predicted molar refractivity (Wildman–Crippen MR) is 150 cm³/mol. The van der Waals surface area contributed by atoms with Gasteiger partial charge in [-0.05, 0) is 54.8 Å². The molecule has 0 saturated carbocycles. The summed E-state index contributed by atoms with van der Waals surface area (Å²) in [6.45, 7) is 7.59. The molecule has 2 aromatic carbocycles. The number of aromatic nitrogens is 3. The Kier molecular flexibility index (Phi) is 7.75. The number of nitrogens with zero attached hydrogens (tertiary/aromatic N) is 5. The molecule has 40 heavy (non-hydrogen) atoms. The molecular weight excluding hydrogens is 514 g/mol. The molecule has 2 aliphatic heterocycles. The second kappa shape index (κ2) is 11.6. The van der Waals surface area contributed by atoms with E-state index in [2.05, 4.69) is 34.3 Å². The van der Waals surface area contributed by atoms with Crippen molar-refractivity contribution >= 4 is 22.7 Å². The molecule has 1 unspecified atom stereocenters. The minimum absolute atomic E-state index is 0.0703. The summed E-state index contributed by atoms with van der Waals surface area (Å²) in [7, 11) is 1.77. The van der Waals surface area contributed by atoms with E-state index >= 15 is 8.78 Å². The van der Waals surface area contributed by atoms with Crippen LogP contribution in [0.15, 0.2) is 48.8 Å². The average Bonchev–Trinajstić information content (AvgIpc) is 3.60. The molecule has 2 fully saturated rings. The van der Waals surface area contributed by atoms with Gasteiger partial charge in [0.05, 0.1) is 25.0 Å². The number of likely N-dealkylation sites (tertiary alicyclic amines) is 1. The van der Waals surface area contributed by atoms with Crippen LogP contribution < -0.4 is 5.32 Å². The van der Waals surface area contributed by atoms with Crippen molar-refractivity contribution < 1.29 is 18.3 Å². The maximum absolute atomic E-state index is 15.1. The number of halogens is 2. The molecule has 2 aromatic heterocycles. The fourth-order valence-electron chi connectivity index (χ4n) is 5.47. The highest BCUT2D eigenvalue weighted by atomic mass is 19.1. The summed E-state index contributed by atoms with van der Waals surface area (Å²) in [4.78, 5) is 13.6. The lowest BCUT2D eigenvalue weighted by molar-refractivity contribution is 0.0332. The molecule has 4 aromatic rings. The van der Waals surface area contributed by atoms with Crippen molar-refractivity contribution in [3.8, 4) is 5.69 Å². The van der Waals surface area contributed by atoms with Crippen molar-refractivity contribution in [2.45, 2.75) is 32.5 Å². The third-order valence-corrected chi connectivity index (χ3v) is 7.88. The number of anilines is 2. The first-order valence-electron chi connectivity index (χ1n) is 13.7. The highest BCUT2D eigenvalue weighted by Crippen LogP contribution is 2.26. The Morgan fingerprint density at radius 1 is 1.02 bits per heavy atom. The van der Waals surface area contributed by atoms with E-state index in [-0.39, 0.29) is 12.1 Å². The van der Waals surface area contributed by atoms with Crippen LogP contribution in [0.3, 0.4) is 0 Å².